The average Bonchev–Trinajstić information content (AvgIpc) is 2.87. The quantitative estimate of drug-likeness (QED) is 0.500. The summed E-state index contributed by atoms with van der Waals surface area (Å²) in [6.45, 7) is 9.17. The van der Waals surface area contributed by atoms with Gasteiger partial charge in [0.15, 0.2) is 11.6 Å². The molecule has 9 nitrogen and oxygen atoms in total. The maximum atomic E-state index is 14.1. The summed E-state index contributed by atoms with van der Waals surface area (Å²) >= 11 is 6.41. The summed E-state index contributed by atoms with van der Waals surface area (Å²) < 4.78 is 24.4. The third-order valence-corrected chi connectivity index (χ3v) is 6.41. The molecule has 0 bridgehead atoms. The minimum absolute atomic E-state index is 0.0966. The summed E-state index contributed by atoms with van der Waals surface area (Å²) in [7, 11) is 1.40. The minimum atomic E-state index is -0.688. The molecule has 0 radical (unpaired) electrons. The van der Waals surface area contributed by atoms with Crippen LogP contribution >= 0.6 is 11.6 Å². The van der Waals surface area contributed by atoms with Crippen molar-refractivity contribution in [1.29, 1.82) is 0 Å². The van der Waals surface area contributed by atoms with Crippen LogP contribution in [0.15, 0.2) is 36.5 Å². The maximum absolute atomic E-state index is 14.1. The van der Waals surface area contributed by atoms with Gasteiger partial charge < -0.3 is 24.6 Å². The number of amides is 2. The number of piperazine rings is 1. The number of benzene rings is 1. The first-order chi connectivity index (χ1) is 17.9. The summed E-state index contributed by atoms with van der Waals surface area (Å²) in [6.07, 6.45) is 1.10. The summed E-state index contributed by atoms with van der Waals surface area (Å²) in [5.41, 5.74) is 1.25. The van der Waals surface area contributed by atoms with Gasteiger partial charge in [-0.25, -0.2) is 19.2 Å². The fraction of sp³-hybridized carbons (Fsp3) is 0.407. The van der Waals surface area contributed by atoms with Gasteiger partial charge in [-0.05, 0) is 52.0 Å². The minimum Gasteiger partial charge on any atom is -0.494 e. The number of rotatable bonds is 5. The Morgan fingerprint density at radius 2 is 1.84 bits per heavy atom. The standard InChI is InChI=1S/C27H31ClFN5O4/c1-16(31-26(36)38-27(2,3)4)25(35)34-10-8-33(9-11-34)24-7-6-17(15-30-24)21-13-19(28)18-12-20(29)23(37-5)14-22(18)32-21/h6-7,12-16H,8-11H2,1-5H3,(H,31,36). The van der Waals surface area contributed by atoms with Crippen LogP contribution in [-0.2, 0) is 9.53 Å². The lowest BCUT2D eigenvalue weighted by Gasteiger charge is -2.36. The van der Waals surface area contributed by atoms with Gasteiger partial charge in [-0.2, -0.15) is 0 Å². The molecule has 1 aromatic carbocycles. The number of ether oxygens (including phenoxy) is 2. The lowest BCUT2D eigenvalue weighted by Crippen LogP contribution is -2.54. The summed E-state index contributed by atoms with van der Waals surface area (Å²) in [6, 6.07) is 7.62. The molecule has 1 saturated heterocycles. The second-order valence-corrected chi connectivity index (χ2v) is 10.5. The van der Waals surface area contributed by atoms with Crippen LogP contribution in [0.25, 0.3) is 22.2 Å². The molecular formula is C27H31ClFN5O4. The molecule has 3 aromatic rings. The van der Waals surface area contributed by atoms with Gasteiger partial charge in [-0.15, -0.1) is 0 Å². The van der Waals surface area contributed by atoms with Gasteiger partial charge >= 0.3 is 6.09 Å². The number of pyridine rings is 2. The Hall–Kier alpha value is -3.66. The number of halogens is 2. The van der Waals surface area contributed by atoms with Gasteiger partial charge in [0, 0.05) is 49.4 Å². The number of methoxy groups -OCH3 is 1. The predicted molar refractivity (Wildman–Crippen MR) is 144 cm³/mol. The molecule has 4 rings (SSSR count). The Kier molecular flexibility index (Phi) is 7.91. The maximum Gasteiger partial charge on any atom is 0.408 e. The molecule has 38 heavy (non-hydrogen) atoms. The number of fused-ring (bicyclic) bond motifs is 1. The number of carbonyl (C=O) groups excluding carboxylic acids is 2. The molecule has 0 aliphatic carbocycles. The van der Waals surface area contributed by atoms with E-state index in [0.29, 0.717) is 47.8 Å². The molecule has 1 aliphatic heterocycles. The van der Waals surface area contributed by atoms with Crippen LogP contribution in [-0.4, -0.2) is 71.8 Å². The van der Waals surface area contributed by atoms with Crippen LogP contribution < -0.4 is 15.0 Å². The highest BCUT2D eigenvalue weighted by Crippen LogP contribution is 2.32. The molecule has 0 spiro atoms. The van der Waals surface area contributed by atoms with Crippen molar-refractivity contribution in [2.24, 2.45) is 0 Å². The van der Waals surface area contributed by atoms with E-state index in [4.69, 9.17) is 21.1 Å². The molecule has 1 fully saturated rings. The zero-order valence-electron chi connectivity index (χ0n) is 22.0. The van der Waals surface area contributed by atoms with Crippen molar-refractivity contribution in [1.82, 2.24) is 20.2 Å². The van der Waals surface area contributed by atoms with E-state index < -0.39 is 23.6 Å². The molecule has 11 heteroatoms. The van der Waals surface area contributed by atoms with Crippen molar-refractivity contribution in [3.63, 3.8) is 0 Å². The lowest BCUT2D eigenvalue weighted by atomic mass is 10.1. The zero-order valence-corrected chi connectivity index (χ0v) is 22.8. The predicted octanol–water partition coefficient (Wildman–Crippen LogP) is 4.66. The van der Waals surface area contributed by atoms with Crippen LogP contribution in [0.4, 0.5) is 15.0 Å². The van der Waals surface area contributed by atoms with E-state index in [-0.39, 0.29) is 11.7 Å². The van der Waals surface area contributed by atoms with E-state index in [0.717, 1.165) is 11.4 Å². The van der Waals surface area contributed by atoms with Gasteiger partial charge in [0.2, 0.25) is 5.91 Å². The van der Waals surface area contributed by atoms with Crippen molar-refractivity contribution in [2.45, 2.75) is 39.3 Å². The van der Waals surface area contributed by atoms with Gasteiger partial charge in [0.1, 0.15) is 17.5 Å². The Balaban J connectivity index is 1.39. The summed E-state index contributed by atoms with van der Waals surface area (Å²) in [4.78, 5) is 37.8. The molecule has 202 valence electrons. The molecular weight excluding hydrogens is 513 g/mol. The smallest absolute Gasteiger partial charge is 0.408 e. The highest BCUT2D eigenvalue weighted by atomic mass is 35.5. The number of hydrogen-bond donors (Lipinski definition) is 1. The average molecular weight is 544 g/mol. The van der Waals surface area contributed by atoms with E-state index in [1.807, 2.05) is 12.1 Å². The lowest BCUT2D eigenvalue weighted by molar-refractivity contribution is -0.133. The van der Waals surface area contributed by atoms with Crippen LogP contribution in [0.5, 0.6) is 5.75 Å². The van der Waals surface area contributed by atoms with Gasteiger partial charge in [-0.1, -0.05) is 11.6 Å². The van der Waals surface area contributed by atoms with Crippen molar-refractivity contribution in [3.8, 4) is 17.0 Å². The van der Waals surface area contributed by atoms with E-state index in [1.165, 1.54) is 19.2 Å². The molecule has 2 amide bonds. The normalized spacial score (nSPS) is 14.8. The van der Waals surface area contributed by atoms with E-state index in [9.17, 15) is 14.0 Å². The number of anilines is 1. The fourth-order valence-corrected chi connectivity index (χ4v) is 4.45. The highest BCUT2D eigenvalue weighted by molar-refractivity contribution is 6.35. The fourth-order valence-electron chi connectivity index (χ4n) is 4.19. The molecule has 1 unspecified atom stereocenters. The van der Waals surface area contributed by atoms with Gasteiger partial charge in [-0.3, -0.25) is 4.79 Å². The Labute approximate surface area is 225 Å². The summed E-state index contributed by atoms with van der Waals surface area (Å²) in [5, 5.41) is 3.49. The summed E-state index contributed by atoms with van der Waals surface area (Å²) in [5.74, 6) is 0.211. The number of hydrogen-bond acceptors (Lipinski definition) is 7. The molecule has 2 aromatic heterocycles. The third kappa shape index (κ3) is 6.24. The number of aromatic nitrogens is 2. The molecule has 1 aliphatic rings. The second kappa shape index (κ2) is 11.0. The van der Waals surface area contributed by atoms with Gasteiger partial charge in [0.25, 0.3) is 0 Å². The number of nitrogens with one attached hydrogen (secondary N) is 1. The molecule has 1 atom stereocenters. The first kappa shape index (κ1) is 27.4. The number of alkyl carbamates (subject to hydrolysis) is 1. The van der Waals surface area contributed by atoms with Crippen molar-refractivity contribution in [2.75, 3.05) is 38.2 Å². The van der Waals surface area contributed by atoms with Crippen LogP contribution in [0.3, 0.4) is 0 Å². The topological polar surface area (TPSA) is 96.9 Å². The van der Waals surface area contributed by atoms with Crippen molar-refractivity contribution < 1.29 is 23.5 Å². The Morgan fingerprint density at radius 3 is 2.45 bits per heavy atom. The Morgan fingerprint density at radius 1 is 1.13 bits per heavy atom. The van der Waals surface area contributed by atoms with Crippen LogP contribution in [0, 0.1) is 5.82 Å². The van der Waals surface area contributed by atoms with Crippen LogP contribution in [0.2, 0.25) is 5.02 Å². The monoisotopic (exact) mass is 543 g/mol. The second-order valence-electron chi connectivity index (χ2n) is 10.1. The number of nitrogens with zero attached hydrogens (tertiary/aromatic N) is 4. The Bertz CT molecular complexity index is 1340. The zero-order chi connectivity index (χ0) is 27.6. The molecule has 1 N–H and O–H groups in total. The van der Waals surface area contributed by atoms with Crippen molar-refractivity contribution in [3.05, 3.63) is 47.4 Å². The molecule has 3 heterocycles. The molecule has 0 saturated carbocycles. The van der Waals surface area contributed by atoms with E-state index in [1.54, 1.807) is 44.9 Å². The highest BCUT2D eigenvalue weighted by Gasteiger charge is 2.28. The third-order valence-electron chi connectivity index (χ3n) is 6.09. The first-order valence-corrected chi connectivity index (χ1v) is 12.7. The van der Waals surface area contributed by atoms with E-state index in [2.05, 4.69) is 20.2 Å². The largest absolute Gasteiger partial charge is 0.494 e. The van der Waals surface area contributed by atoms with E-state index >= 15 is 0 Å². The van der Waals surface area contributed by atoms with Gasteiger partial charge in [0.05, 0.1) is 23.3 Å². The van der Waals surface area contributed by atoms with Crippen molar-refractivity contribution >= 4 is 40.3 Å². The first-order valence-electron chi connectivity index (χ1n) is 12.3. The number of carbonyl (C=O) groups is 2. The van der Waals surface area contributed by atoms with Crippen LogP contribution in [0.1, 0.15) is 27.7 Å². The SMILES string of the molecule is COc1cc2nc(-c3ccc(N4CCN(C(=O)C(C)NC(=O)OC(C)(C)C)CC4)nc3)cc(Cl)c2cc1F.